The van der Waals surface area contributed by atoms with Gasteiger partial charge in [-0.1, -0.05) is 30.3 Å². The number of benzene rings is 2. The highest BCUT2D eigenvalue weighted by atomic mass is 19.1. The van der Waals surface area contributed by atoms with E-state index in [9.17, 15) is 9.50 Å². The molecule has 0 aliphatic heterocycles. The van der Waals surface area contributed by atoms with E-state index in [1.165, 1.54) is 18.2 Å². The number of aliphatic hydroxyl groups is 1. The zero-order valence-electron chi connectivity index (χ0n) is 10.9. The second-order valence-electron chi connectivity index (χ2n) is 4.47. The second-order valence-corrected chi connectivity index (χ2v) is 4.47. The van der Waals surface area contributed by atoms with E-state index in [4.69, 9.17) is 5.26 Å². The summed E-state index contributed by atoms with van der Waals surface area (Å²) in [4.78, 5) is 0. The average Bonchev–Trinajstić information content (AvgIpc) is 2.48. The number of hydrogen-bond acceptors (Lipinski definition) is 3. The minimum atomic E-state index is -0.629. The molecule has 0 fully saturated rings. The van der Waals surface area contributed by atoms with Gasteiger partial charge in [-0.3, -0.25) is 0 Å². The number of hydrogen-bond donors (Lipinski definition) is 2. The lowest BCUT2D eigenvalue weighted by molar-refractivity contribution is 0.174. The molecule has 1 atom stereocenters. The Morgan fingerprint density at radius 2 is 1.95 bits per heavy atom. The molecule has 20 heavy (non-hydrogen) atoms. The first-order valence-electron chi connectivity index (χ1n) is 6.33. The van der Waals surface area contributed by atoms with Crippen LogP contribution in [0.25, 0.3) is 0 Å². The van der Waals surface area contributed by atoms with Crippen molar-refractivity contribution in [2.24, 2.45) is 0 Å². The summed E-state index contributed by atoms with van der Waals surface area (Å²) in [6.07, 6.45) is -0.629. The Hall–Kier alpha value is -2.22. The molecule has 2 aromatic rings. The third-order valence-corrected chi connectivity index (χ3v) is 3.03. The molecule has 2 rings (SSSR count). The van der Waals surface area contributed by atoms with Crippen LogP contribution in [0.1, 0.15) is 22.8 Å². The molecule has 0 radical (unpaired) electrons. The summed E-state index contributed by atoms with van der Waals surface area (Å²) in [5, 5.41) is 22.0. The van der Waals surface area contributed by atoms with Crippen molar-refractivity contribution < 1.29 is 9.50 Å². The van der Waals surface area contributed by atoms with Gasteiger partial charge in [0.1, 0.15) is 5.82 Å². The Labute approximate surface area is 117 Å². The zero-order chi connectivity index (χ0) is 14.4. The van der Waals surface area contributed by atoms with Crippen LogP contribution in [-0.2, 0) is 6.54 Å². The number of aliphatic hydroxyl groups excluding tert-OH is 1. The molecule has 0 bridgehead atoms. The molecule has 0 amide bonds. The zero-order valence-corrected chi connectivity index (χ0v) is 10.9. The van der Waals surface area contributed by atoms with E-state index >= 15 is 0 Å². The van der Waals surface area contributed by atoms with Crippen LogP contribution in [0.5, 0.6) is 0 Å². The van der Waals surface area contributed by atoms with Crippen LogP contribution in [0.15, 0.2) is 48.5 Å². The molecule has 2 N–H and O–H groups in total. The van der Waals surface area contributed by atoms with E-state index in [-0.39, 0.29) is 5.82 Å². The topological polar surface area (TPSA) is 56.0 Å². The van der Waals surface area contributed by atoms with E-state index in [0.717, 1.165) is 5.56 Å². The number of rotatable bonds is 5. The fraction of sp³-hybridized carbons (Fsp3) is 0.188. The third-order valence-electron chi connectivity index (χ3n) is 3.03. The van der Waals surface area contributed by atoms with Crippen molar-refractivity contribution in [1.29, 1.82) is 5.26 Å². The van der Waals surface area contributed by atoms with Crippen LogP contribution in [-0.4, -0.2) is 11.7 Å². The van der Waals surface area contributed by atoms with Crippen molar-refractivity contribution in [3.8, 4) is 6.07 Å². The van der Waals surface area contributed by atoms with Gasteiger partial charge < -0.3 is 10.4 Å². The van der Waals surface area contributed by atoms with E-state index < -0.39 is 6.10 Å². The van der Waals surface area contributed by atoms with E-state index in [1.807, 2.05) is 36.4 Å². The lowest BCUT2D eigenvalue weighted by Gasteiger charge is -2.12. The normalized spacial score (nSPS) is 11.8. The summed E-state index contributed by atoms with van der Waals surface area (Å²) in [5.74, 6) is -0.371. The van der Waals surface area contributed by atoms with Crippen LogP contribution in [0.4, 0.5) is 4.39 Å². The lowest BCUT2D eigenvalue weighted by atomic mass is 10.1. The highest BCUT2D eigenvalue weighted by Crippen LogP contribution is 2.13. The first kappa shape index (κ1) is 14.2. The Bertz CT molecular complexity index is 608. The van der Waals surface area contributed by atoms with Crippen LogP contribution in [0, 0.1) is 17.1 Å². The van der Waals surface area contributed by atoms with Gasteiger partial charge in [0.15, 0.2) is 0 Å². The van der Waals surface area contributed by atoms with E-state index in [2.05, 4.69) is 5.32 Å². The van der Waals surface area contributed by atoms with Crippen molar-refractivity contribution in [2.75, 3.05) is 6.54 Å². The maximum Gasteiger partial charge on any atom is 0.123 e. The van der Waals surface area contributed by atoms with Gasteiger partial charge in [-0.05, 0) is 29.3 Å². The summed E-state index contributed by atoms with van der Waals surface area (Å²) < 4.78 is 13.1. The first-order chi connectivity index (χ1) is 9.70. The SMILES string of the molecule is N#Cc1ccc(F)cc1CNCC(O)c1ccccc1. The van der Waals surface area contributed by atoms with Crippen molar-refractivity contribution >= 4 is 0 Å². The van der Waals surface area contributed by atoms with Crippen LogP contribution >= 0.6 is 0 Å². The molecular weight excluding hydrogens is 255 g/mol. The van der Waals surface area contributed by atoms with E-state index in [1.54, 1.807) is 0 Å². The molecular formula is C16H15FN2O. The molecule has 1 unspecified atom stereocenters. The van der Waals surface area contributed by atoms with Gasteiger partial charge in [0, 0.05) is 13.1 Å². The highest BCUT2D eigenvalue weighted by Gasteiger charge is 2.08. The predicted octanol–water partition coefficient (Wildman–Crippen LogP) is 2.52. The minimum absolute atomic E-state index is 0.338. The maximum atomic E-state index is 13.1. The van der Waals surface area contributed by atoms with Crippen molar-refractivity contribution in [3.63, 3.8) is 0 Å². The Kier molecular flexibility index (Phi) is 4.83. The predicted molar refractivity (Wildman–Crippen MR) is 74.2 cm³/mol. The van der Waals surface area contributed by atoms with Crippen molar-refractivity contribution in [2.45, 2.75) is 12.6 Å². The molecule has 3 nitrogen and oxygen atoms in total. The highest BCUT2D eigenvalue weighted by molar-refractivity contribution is 5.37. The third kappa shape index (κ3) is 3.64. The van der Waals surface area contributed by atoms with Gasteiger partial charge in [0.25, 0.3) is 0 Å². The summed E-state index contributed by atoms with van der Waals surface area (Å²) in [7, 11) is 0. The molecule has 102 valence electrons. The molecule has 2 aromatic carbocycles. The van der Waals surface area contributed by atoms with Crippen LogP contribution in [0.3, 0.4) is 0 Å². The number of nitrogens with one attached hydrogen (secondary N) is 1. The smallest absolute Gasteiger partial charge is 0.123 e. The number of halogens is 1. The Morgan fingerprint density at radius 3 is 2.65 bits per heavy atom. The van der Waals surface area contributed by atoms with Crippen LogP contribution in [0.2, 0.25) is 0 Å². The minimum Gasteiger partial charge on any atom is -0.387 e. The summed E-state index contributed by atoms with van der Waals surface area (Å²) in [5.41, 5.74) is 1.85. The standard InChI is InChI=1S/C16H15FN2O/c17-15-7-6-13(9-18)14(8-15)10-19-11-16(20)12-4-2-1-3-5-12/h1-8,16,19-20H,10-11H2. The fourth-order valence-corrected chi connectivity index (χ4v) is 1.95. The molecule has 0 aliphatic carbocycles. The molecule has 0 aliphatic rings. The molecule has 0 saturated carbocycles. The second kappa shape index (κ2) is 6.80. The summed E-state index contributed by atoms with van der Waals surface area (Å²) in [6.45, 7) is 0.677. The maximum absolute atomic E-state index is 13.1. The van der Waals surface area contributed by atoms with Gasteiger partial charge in [0.05, 0.1) is 17.7 Å². The number of nitrogens with zero attached hydrogens (tertiary/aromatic N) is 1. The molecule has 0 spiro atoms. The summed E-state index contributed by atoms with van der Waals surface area (Å²) >= 11 is 0. The largest absolute Gasteiger partial charge is 0.387 e. The fourth-order valence-electron chi connectivity index (χ4n) is 1.95. The Morgan fingerprint density at radius 1 is 1.20 bits per heavy atom. The monoisotopic (exact) mass is 270 g/mol. The van der Waals surface area contributed by atoms with Gasteiger partial charge in [-0.25, -0.2) is 4.39 Å². The average molecular weight is 270 g/mol. The van der Waals surface area contributed by atoms with Gasteiger partial charge >= 0.3 is 0 Å². The van der Waals surface area contributed by atoms with Gasteiger partial charge in [0.2, 0.25) is 0 Å². The van der Waals surface area contributed by atoms with Gasteiger partial charge in [-0.2, -0.15) is 5.26 Å². The molecule has 0 saturated heterocycles. The van der Waals surface area contributed by atoms with Crippen molar-refractivity contribution in [1.82, 2.24) is 5.32 Å². The van der Waals surface area contributed by atoms with Crippen LogP contribution < -0.4 is 5.32 Å². The van der Waals surface area contributed by atoms with Crippen molar-refractivity contribution in [3.05, 3.63) is 71.0 Å². The summed E-state index contributed by atoms with van der Waals surface area (Å²) in [6, 6.07) is 15.4. The molecule has 0 heterocycles. The van der Waals surface area contributed by atoms with E-state index in [0.29, 0.717) is 24.2 Å². The molecule has 0 aromatic heterocycles. The lowest BCUT2D eigenvalue weighted by Crippen LogP contribution is -2.21. The quantitative estimate of drug-likeness (QED) is 0.877. The molecule has 4 heteroatoms. The Balaban J connectivity index is 1.94. The first-order valence-corrected chi connectivity index (χ1v) is 6.33. The van der Waals surface area contributed by atoms with Gasteiger partial charge in [-0.15, -0.1) is 0 Å². The number of nitriles is 1.